The van der Waals surface area contributed by atoms with E-state index in [-0.39, 0.29) is 23.8 Å². The van der Waals surface area contributed by atoms with Gasteiger partial charge in [-0.15, -0.1) is 0 Å². The number of carbonyl (C=O) groups is 2. The Kier molecular flexibility index (Phi) is 5.94. The third kappa shape index (κ3) is 3.86. The Hall–Kier alpha value is -2.14. The number of amides is 2. The number of aryl methyl sites for hydroxylation is 2. The van der Waals surface area contributed by atoms with Gasteiger partial charge in [-0.3, -0.25) is 14.5 Å². The molecular weight excluding hydrogens is 350 g/mol. The van der Waals surface area contributed by atoms with Crippen molar-refractivity contribution in [3.8, 4) is 0 Å². The van der Waals surface area contributed by atoms with Gasteiger partial charge in [0, 0.05) is 19.6 Å². The first kappa shape index (κ1) is 20.6. The van der Waals surface area contributed by atoms with Gasteiger partial charge in [0.1, 0.15) is 5.70 Å². The van der Waals surface area contributed by atoms with E-state index < -0.39 is 0 Å². The minimum atomic E-state index is -0.156. The van der Waals surface area contributed by atoms with Crippen molar-refractivity contribution in [3.05, 3.63) is 40.6 Å². The van der Waals surface area contributed by atoms with E-state index in [1.165, 1.54) is 10.5 Å². The summed E-state index contributed by atoms with van der Waals surface area (Å²) in [5.41, 5.74) is 4.31. The maximum Gasteiger partial charge on any atom is 0.277 e. The molecule has 2 heterocycles. The second kappa shape index (κ2) is 8.08. The molecule has 2 aliphatic heterocycles. The first-order valence-electron chi connectivity index (χ1n) is 10.3. The van der Waals surface area contributed by atoms with Crippen LogP contribution in [0.5, 0.6) is 0 Å². The lowest BCUT2D eigenvalue weighted by Gasteiger charge is -2.36. The molecule has 2 amide bonds. The smallest absolute Gasteiger partial charge is 0.277 e. The summed E-state index contributed by atoms with van der Waals surface area (Å²) < 4.78 is 0. The Balaban J connectivity index is 2.04. The fourth-order valence-electron chi connectivity index (χ4n) is 4.14. The number of hydrogen-bond donors (Lipinski definition) is 0. The van der Waals surface area contributed by atoms with Gasteiger partial charge in [-0.1, -0.05) is 32.0 Å². The van der Waals surface area contributed by atoms with Crippen LogP contribution in [0.25, 0.3) is 5.57 Å². The molecule has 28 heavy (non-hydrogen) atoms. The van der Waals surface area contributed by atoms with Gasteiger partial charge in [0.25, 0.3) is 11.8 Å². The Morgan fingerprint density at radius 3 is 2.29 bits per heavy atom. The number of hydrogen-bond acceptors (Lipinski definition) is 4. The van der Waals surface area contributed by atoms with E-state index in [1.807, 2.05) is 46.0 Å². The van der Waals surface area contributed by atoms with Crippen molar-refractivity contribution >= 4 is 17.4 Å². The average Bonchev–Trinajstić information content (AvgIpc) is 2.88. The first-order valence-corrected chi connectivity index (χ1v) is 10.3. The molecule has 2 aliphatic rings. The third-order valence-corrected chi connectivity index (χ3v) is 6.08. The van der Waals surface area contributed by atoms with E-state index in [4.69, 9.17) is 0 Å². The van der Waals surface area contributed by atoms with Crippen LogP contribution in [0.4, 0.5) is 0 Å². The number of benzene rings is 1. The molecule has 1 saturated heterocycles. The number of likely N-dealkylation sites (N-methyl/N-ethyl adjacent to an activating group) is 1. The lowest BCUT2D eigenvalue weighted by Crippen LogP contribution is -2.44. The molecular formula is C23H33N3O2. The standard InChI is InChI=1S/C23H33N3O2/c1-15(2)14-26-22(27)20(18-8-7-16(3)17(4)13-18)21(23(26)28)25(6)19-9-11-24(5)12-10-19/h7-8,13,15,19H,9-12,14H2,1-6H3. The second-order valence-electron chi connectivity index (χ2n) is 8.78. The Morgan fingerprint density at radius 2 is 1.71 bits per heavy atom. The molecule has 0 bridgehead atoms. The fourth-order valence-corrected chi connectivity index (χ4v) is 4.14. The van der Waals surface area contributed by atoms with Crippen molar-refractivity contribution in [1.82, 2.24) is 14.7 Å². The number of piperidine rings is 1. The van der Waals surface area contributed by atoms with Crippen LogP contribution < -0.4 is 0 Å². The first-order chi connectivity index (χ1) is 13.2. The van der Waals surface area contributed by atoms with Crippen molar-refractivity contribution in [1.29, 1.82) is 0 Å². The molecule has 0 spiro atoms. The van der Waals surface area contributed by atoms with E-state index in [2.05, 4.69) is 23.8 Å². The van der Waals surface area contributed by atoms with Gasteiger partial charge in [-0.25, -0.2) is 0 Å². The minimum Gasteiger partial charge on any atom is -0.366 e. The van der Waals surface area contributed by atoms with Crippen LogP contribution >= 0.6 is 0 Å². The lowest BCUT2D eigenvalue weighted by atomic mass is 9.97. The van der Waals surface area contributed by atoms with Gasteiger partial charge >= 0.3 is 0 Å². The van der Waals surface area contributed by atoms with E-state index in [1.54, 1.807) is 0 Å². The van der Waals surface area contributed by atoms with Crippen molar-refractivity contribution < 1.29 is 9.59 Å². The molecule has 1 aromatic carbocycles. The van der Waals surface area contributed by atoms with Crippen molar-refractivity contribution in [3.63, 3.8) is 0 Å². The fraction of sp³-hybridized carbons (Fsp3) is 0.565. The van der Waals surface area contributed by atoms with Crippen LogP contribution in [-0.2, 0) is 9.59 Å². The van der Waals surface area contributed by atoms with Gasteiger partial charge in [0.2, 0.25) is 0 Å². The largest absolute Gasteiger partial charge is 0.366 e. The topological polar surface area (TPSA) is 43.9 Å². The summed E-state index contributed by atoms with van der Waals surface area (Å²) in [6.45, 7) is 10.7. The molecule has 0 radical (unpaired) electrons. The zero-order valence-electron chi connectivity index (χ0n) is 18.1. The minimum absolute atomic E-state index is 0.145. The van der Waals surface area contributed by atoms with Crippen LogP contribution in [0.2, 0.25) is 0 Å². The van der Waals surface area contributed by atoms with Gasteiger partial charge in [-0.2, -0.15) is 0 Å². The van der Waals surface area contributed by atoms with Crippen LogP contribution in [0, 0.1) is 19.8 Å². The predicted molar refractivity (Wildman–Crippen MR) is 113 cm³/mol. The maximum atomic E-state index is 13.3. The average molecular weight is 384 g/mol. The van der Waals surface area contributed by atoms with Gasteiger partial charge in [0.05, 0.1) is 5.57 Å². The molecule has 0 aromatic heterocycles. The van der Waals surface area contributed by atoms with Crippen molar-refractivity contribution in [2.45, 2.75) is 46.6 Å². The lowest BCUT2D eigenvalue weighted by molar-refractivity contribution is -0.138. The molecule has 152 valence electrons. The molecule has 0 saturated carbocycles. The van der Waals surface area contributed by atoms with E-state index in [0.29, 0.717) is 17.8 Å². The summed E-state index contributed by atoms with van der Waals surface area (Å²) in [6.07, 6.45) is 2.00. The monoisotopic (exact) mass is 383 g/mol. The van der Waals surface area contributed by atoms with Crippen LogP contribution in [0.3, 0.4) is 0 Å². The third-order valence-electron chi connectivity index (χ3n) is 6.08. The number of nitrogens with zero attached hydrogens (tertiary/aromatic N) is 3. The molecule has 0 unspecified atom stereocenters. The Morgan fingerprint density at radius 1 is 1.07 bits per heavy atom. The van der Waals surface area contributed by atoms with Gasteiger partial charge in [-0.05, 0) is 69.4 Å². The summed E-state index contributed by atoms with van der Waals surface area (Å²) in [5.74, 6) is -0.0630. The number of carbonyl (C=O) groups excluding carboxylic acids is 2. The number of rotatable bonds is 5. The summed E-state index contributed by atoms with van der Waals surface area (Å²) in [4.78, 5) is 32.5. The zero-order chi connectivity index (χ0) is 20.6. The van der Waals surface area contributed by atoms with Crippen molar-refractivity contribution in [2.75, 3.05) is 33.7 Å². The van der Waals surface area contributed by atoms with Crippen LogP contribution in [0.15, 0.2) is 23.9 Å². The van der Waals surface area contributed by atoms with E-state index in [0.717, 1.165) is 37.1 Å². The highest BCUT2D eigenvalue weighted by atomic mass is 16.2. The van der Waals surface area contributed by atoms with Crippen molar-refractivity contribution in [2.24, 2.45) is 5.92 Å². The molecule has 5 heteroatoms. The number of imide groups is 1. The molecule has 5 nitrogen and oxygen atoms in total. The van der Waals surface area contributed by atoms with E-state index >= 15 is 0 Å². The van der Waals surface area contributed by atoms with Crippen LogP contribution in [0.1, 0.15) is 43.4 Å². The highest BCUT2D eigenvalue weighted by molar-refractivity contribution is 6.35. The second-order valence-corrected chi connectivity index (χ2v) is 8.78. The molecule has 3 rings (SSSR count). The summed E-state index contributed by atoms with van der Waals surface area (Å²) >= 11 is 0. The zero-order valence-corrected chi connectivity index (χ0v) is 18.1. The molecule has 0 N–H and O–H groups in total. The summed E-state index contributed by atoms with van der Waals surface area (Å²) in [5, 5.41) is 0. The molecule has 1 aromatic rings. The van der Waals surface area contributed by atoms with E-state index in [9.17, 15) is 9.59 Å². The summed E-state index contributed by atoms with van der Waals surface area (Å²) in [6, 6.07) is 6.33. The Bertz CT molecular complexity index is 804. The Labute approximate surface area is 169 Å². The highest BCUT2D eigenvalue weighted by Crippen LogP contribution is 2.34. The highest BCUT2D eigenvalue weighted by Gasteiger charge is 2.42. The quantitative estimate of drug-likeness (QED) is 0.733. The summed E-state index contributed by atoms with van der Waals surface area (Å²) in [7, 11) is 4.11. The molecule has 0 aliphatic carbocycles. The van der Waals surface area contributed by atoms with Gasteiger partial charge in [0.15, 0.2) is 0 Å². The van der Waals surface area contributed by atoms with Gasteiger partial charge < -0.3 is 9.80 Å². The van der Waals surface area contributed by atoms with Crippen LogP contribution in [-0.4, -0.2) is 66.3 Å². The maximum absolute atomic E-state index is 13.3. The molecule has 1 fully saturated rings. The SMILES string of the molecule is Cc1ccc(C2=C(N(C)C3CCN(C)CC3)C(=O)N(CC(C)C)C2=O)cc1C. The molecule has 0 atom stereocenters. The number of likely N-dealkylation sites (tertiary alicyclic amines) is 1. The normalized spacial score (nSPS) is 19.3. The predicted octanol–water partition coefficient (Wildman–Crippen LogP) is 3.07.